The van der Waals surface area contributed by atoms with Crippen molar-refractivity contribution >= 4 is 5.82 Å². The van der Waals surface area contributed by atoms with E-state index >= 15 is 0 Å². The lowest BCUT2D eigenvalue weighted by molar-refractivity contribution is -0.0373. The van der Waals surface area contributed by atoms with Crippen molar-refractivity contribution in [3.63, 3.8) is 0 Å². The molecule has 0 aromatic carbocycles. The van der Waals surface area contributed by atoms with Crippen molar-refractivity contribution in [2.45, 2.75) is 51.9 Å². The number of anilines is 1. The van der Waals surface area contributed by atoms with Crippen molar-refractivity contribution in [1.29, 1.82) is 0 Å². The van der Waals surface area contributed by atoms with Crippen molar-refractivity contribution in [2.24, 2.45) is 0 Å². The first-order valence-corrected chi connectivity index (χ1v) is 8.34. The van der Waals surface area contributed by atoms with Crippen LogP contribution in [0.1, 0.15) is 42.9 Å². The molecular formula is C16H22N6O. The Bertz CT molecular complexity index is 700. The molecule has 7 nitrogen and oxygen atoms in total. The molecule has 4 heterocycles. The van der Waals surface area contributed by atoms with E-state index in [0.717, 1.165) is 49.7 Å². The Morgan fingerprint density at radius 1 is 1.35 bits per heavy atom. The van der Waals surface area contributed by atoms with Gasteiger partial charge in [-0.15, -0.1) is 5.10 Å². The molecule has 2 aliphatic rings. The second-order valence-electron chi connectivity index (χ2n) is 6.34. The minimum absolute atomic E-state index is 0.208. The Balaban J connectivity index is 1.64. The number of rotatable bonds is 3. The Hall–Kier alpha value is -2.02. The number of piperidine rings is 1. The normalized spacial score (nSPS) is 23.5. The van der Waals surface area contributed by atoms with Gasteiger partial charge < -0.3 is 9.64 Å². The summed E-state index contributed by atoms with van der Waals surface area (Å²) in [6.07, 6.45) is 7.08. The van der Waals surface area contributed by atoms with Crippen LogP contribution in [0.4, 0.5) is 5.82 Å². The molecule has 0 N–H and O–H groups in total. The van der Waals surface area contributed by atoms with Crippen molar-refractivity contribution in [2.75, 3.05) is 18.0 Å². The number of hydrogen-bond donors (Lipinski definition) is 0. The predicted octanol–water partition coefficient (Wildman–Crippen LogP) is 1.68. The average molecular weight is 314 g/mol. The van der Waals surface area contributed by atoms with E-state index in [0.29, 0.717) is 6.61 Å². The van der Waals surface area contributed by atoms with E-state index in [9.17, 15) is 0 Å². The van der Waals surface area contributed by atoms with Crippen molar-refractivity contribution in [3.05, 3.63) is 29.5 Å². The minimum Gasteiger partial charge on any atom is -0.370 e. The topological polar surface area (TPSA) is 69.0 Å². The van der Waals surface area contributed by atoms with Crippen LogP contribution in [0.15, 0.2) is 12.4 Å². The zero-order valence-corrected chi connectivity index (χ0v) is 13.6. The minimum atomic E-state index is 0.208. The second kappa shape index (κ2) is 5.88. The van der Waals surface area contributed by atoms with Gasteiger partial charge in [-0.1, -0.05) is 18.6 Å². The van der Waals surface area contributed by atoms with E-state index in [4.69, 9.17) is 9.72 Å². The van der Waals surface area contributed by atoms with E-state index in [1.807, 2.05) is 17.8 Å². The summed E-state index contributed by atoms with van der Waals surface area (Å²) < 4.78 is 8.03. The van der Waals surface area contributed by atoms with E-state index in [-0.39, 0.29) is 12.1 Å². The molecule has 0 saturated carbocycles. The summed E-state index contributed by atoms with van der Waals surface area (Å²) in [5.41, 5.74) is 2.29. The third kappa shape index (κ3) is 2.59. The first kappa shape index (κ1) is 14.6. The maximum atomic E-state index is 5.99. The highest BCUT2D eigenvalue weighted by Gasteiger charge is 2.37. The van der Waals surface area contributed by atoms with Gasteiger partial charge in [0.1, 0.15) is 11.6 Å². The van der Waals surface area contributed by atoms with Crippen LogP contribution in [0.5, 0.6) is 0 Å². The summed E-state index contributed by atoms with van der Waals surface area (Å²) in [6.45, 7) is 6.56. The maximum Gasteiger partial charge on any atom is 0.135 e. The second-order valence-corrected chi connectivity index (χ2v) is 6.34. The number of ether oxygens (including phenoxy) is 1. The molecule has 0 bridgehead atoms. The van der Waals surface area contributed by atoms with Gasteiger partial charge in [-0.25, -0.2) is 14.6 Å². The molecule has 4 rings (SSSR count). The van der Waals surface area contributed by atoms with Gasteiger partial charge in [0.05, 0.1) is 30.6 Å². The highest BCUT2D eigenvalue weighted by atomic mass is 16.5. The van der Waals surface area contributed by atoms with Crippen molar-refractivity contribution in [1.82, 2.24) is 25.0 Å². The number of aromatic nitrogens is 5. The summed E-state index contributed by atoms with van der Waals surface area (Å²) in [5, 5.41) is 8.32. The van der Waals surface area contributed by atoms with Gasteiger partial charge in [0.25, 0.3) is 0 Å². The van der Waals surface area contributed by atoms with E-state index in [1.165, 1.54) is 5.56 Å². The van der Waals surface area contributed by atoms with Gasteiger partial charge in [0.15, 0.2) is 0 Å². The van der Waals surface area contributed by atoms with E-state index in [1.54, 1.807) is 6.20 Å². The summed E-state index contributed by atoms with van der Waals surface area (Å²) in [6, 6.07) is 0.208. The standard InChI is InChI=1S/C16H22N6O/c1-3-4-12-7-17-11(2)19-16(12)21-6-5-15-14(9-21)22-13(10-23-15)8-18-20-22/h7-8,14-15H,3-6,9-10H2,1-2H3/t14-,15+/m1/s1. The number of nitrogens with zero attached hydrogens (tertiary/aromatic N) is 6. The Morgan fingerprint density at radius 3 is 3.13 bits per heavy atom. The smallest absolute Gasteiger partial charge is 0.135 e. The number of hydrogen-bond acceptors (Lipinski definition) is 6. The third-order valence-corrected chi connectivity index (χ3v) is 4.71. The first-order chi connectivity index (χ1) is 11.3. The van der Waals surface area contributed by atoms with Crippen LogP contribution in [0.2, 0.25) is 0 Å². The molecule has 0 amide bonds. The lowest BCUT2D eigenvalue weighted by Crippen LogP contribution is -2.48. The van der Waals surface area contributed by atoms with Gasteiger partial charge in [0.2, 0.25) is 0 Å². The molecule has 2 aliphatic heterocycles. The molecule has 0 spiro atoms. The van der Waals surface area contributed by atoms with Crippen molar-refractivity contribution < 1.29 is 4.74 Å². The lowest BCUT2D eigenvalue weighted by Gasteiger charge is -2.41. The van der Waals surface area contributed by atoms with Crippen LogP contribution >= 0.6 is 0 Å². The van der Waals surface area contributed by atoms with Crippen LogP contribution in [0.3, 0.4) is 0 Å². The van der Waals surface area contributed by atoms with Gasteiger partial charge in [-0.2, -0.15) is 0 Å². The number of aryl methyl sites for hydroxylation is 2. The highest BCUT2D eigenvalue weighted by molar-refractivity contribution is 5.47. The molecule has 0 aliphatic carbocycles. The van der Waals surface area contributed by atoms with Gasteiger partial charge in [-0.3, -0.25) is 0 Å². The summed E-state index contributed by atoms with van der Waals surface area (Å²) >= 11 is 0. The fourth-order valence-electron chi connectivity index (χ4n) is 3.57. The maximum absolute atomic E-state index is 5.99. The zero-order valence-electron chi connectivity index (χ0n) is 13.6. The molecular weight excluding hydrogens is 292 g/mol. The monoisotopic (exact) mass is 314 g/mol. The molecule has 2 aromatic heterocycles. The van der Waals surface area contributed by atoms with Crippen LogP contribution in [0, 0.1) is 6.92 Å². The fourth-order valence-corrected chi connectivity index (χ4v) is 3.57. The highest BCUT2D eigenvalue weighted by Crippen LogP contribution is 2.33. The van der Waals surface area contributed by atoms with Crippen LogP contribution in [-0.4, -0.2) is 44.2 Å². The molecule has 122 valence electrons. The summed E-state index contributed by atoms with van der Waals surface area (Å²) in [7, 11) is 0. The Kier molecular flexibility index (Phi) is 3.72. The lowest BCUT2D eigenvalue weighted by atomic mass is 9.99. The Labute approximate surface area is 135 Å². The quantitative estimate of drug-likeness (QED) is 0.858. The third-order valence-electron chi connectivity index (χ3n) is 4.71. The largest absolute Gasteiger partial charge is 0.370 e. The number of fused-ring (bicyclic) bond motifs is 3. The van der Waals surface area contributed by atoms with Gasteiger partial charge in [0, 0.05) is 24.8 Å². The molecule has 0 unspecified atom stereocenters. The first-order valence-electron chi connectivity index (χ1n) is 8.34. The molecule has 2 aromatic rings. The molecule has 7 heteroatoms. The Morgan fingerprint density at radius 2 is 2.26 bits per heavy atom. The van der Waals surface area contributed by atoms with Gasteiger partial charge >= 0.3 is 0 Å². The molecule has 0 radical (unpaired) electrons. The van der Waals surface area contributed by atoms with Crippen LogP contribution in [-0.2, 0) is 17.8 Å². The van der Waals surface area contributed by atoms with E-state index < -0.39 is 0 Å². The van der Waals surface area contributed by atoms with Gasteiger partial charge in [-0.05, 0) is 19.8 Å². The predicted molar refractivity (Wildman–Crippen MR) is 85.2 cm³/mol. The van der Waals surface area contributed by atoms with Crippen LogP contribution < -0.4 is 4.90 Å². The van der Waals surface area contributed by atoms with Crippen molar-refractivity contribution in [3.8, 4) is 0 Å². The van der Waals surface area contributed by atoms with Crippen LogP contribution in [0.25, 0.3) is 0 Å². The molecule has 1 fully saturated rings. The van der Waals surface area contributed by atoms with E-state index in [2.05, 4.69) is 27.1 Å². The fraction of sp³-hybridized carbons (Fsp3) is 0.625. The SMILES string of the molecule is CCCc1cnc(C)nc1N1CC[C@@H]2OCc3cnnn3[C@@H]2C1. The summed E-state index contributed by atoms with van der Waals surface area (Å²) in [5.74, 6) is 1.90. The zero-order chi connectivity index (χ0) is 15.8. The molecule has 23 heavy (non-hydrogen) atoms. The molecule has 1 saturated heterocycles. The average Bonchev–Trinajstić information content (AvgIpc) is 3.05. The molecule has 2 atom stereocenters. The summed E-state index contributed by atoms with van der Waals surface area (Å²) in [4.78, 5) is 11.5.